The van der Waals surface area contributed by atoms with Crippen LogP contribution >= 0.6 is 31.9 Å². The Morgan fingerprint density at radius 3 is 2.50 bits per heavy atom. The van der Waals surface area contributed by atoms with Gasteiger partial charge in [-0.3, -0.25) is 4.79 Å². The lowest BCUT2D eigenvalue weighted by molar-refractivity contribution is -0.137. The number of hydrogen-bond donors (Lipinski definition) is 2. The van der Waals surface area contributed by atoms with E-state index in [4.69, 9.17) is 5.11 Å². The summed E-state index contributed by atoms with van der Waals surface area (Å²) < 4.78 is 1.65. The SMILES string of the molecule is CC(C)N(CCC(=O)O)C(=O)Nc1ccc(Br)cc1Br. The van der Waals surface area contributed by atoms with Crippen molar-refractivity contribution >= 4 is 49.5 Å². The Balaban J connectivity index is 2.77. The number of halogens is 2. The van der Waals surface area contributed by atoms with Crippen LogP contribution in [0.3, 0.4) is 0 Å². The fourth-order valence-electron chi connectivity index (χ4n) is 1.59. The average molecular weight is 408 g/mol. The van der Waals surface area contributed by atoms with Crippen molar-refractivity contribution in [3.8, 4) is 0 Å². The van der Waals surface area contributed by atoms with Gasteiger partial charge >= 0.3 is 12.0 Å². The summed E-state index contributed by atoms with van der Waals surface area (Å²) in [7, 11) is 0. The number of benzene rings is 1. The fraction of sp³-hybridized carbons (Fsp3) is 0.385. The van der Waals surface area contributed by atoms with E-state index in [9.17, 15) is 9.59 Å². The third-order valence-electron chi connectivity index (χ3n) is 2.62. The number of carbonyl (C=O) groups excluding carboxylic acids is 1. The number of rotatable bonds is 5. The molecular formula is C13H16Br2N2O3. The summed E-state index contributed by atoms with van der Waals surface area (Å²) in [6, 6.07) is 5.01. The lowest BCUT2D eigenvalue weighted by Crippen LogP contribution is -2.41. The molecule has 0 aliphatic carbocycles. The average Bonchev–Trinajstić information content (AvgIpc) is 2.32. The van der Waals surface area contributed by atoms with E-state index in [1.165, 1.54) is 4.90 Å². The molecular weight excluding hydrogens is 392 g/mol. The first-order valence-electron chi connectivity index (χ1n) is 6.05. The van der Waals surface area contributed by atoms with Crippen molar-refractivity contribution < 1.29 is 14.7 Å². The molecule has 0 atom stereocenters. The zero-order valence-corrected chi connectivity index (χ0v) is 14.4. The molecule has 1 rings (SSSR count). The summed E-state index contributed by atoms with van der Waals surface area (Å²) in [6.07, 6.45) is -0.0763. The molecule has 1 aromatic rings. The minimum Gasteiger partial charge on any atom is -0.481 e. The number of aliphatic carboxylic acids is 1. The van der Waals surface area contributed by atoms with E-state index in [0.717, 1.165) is 8.95 Å². The van der Waals surface area contributed by atoms with Gasteiger partial charge in [0.1, 0.15) is 0 Å². The molecule has 0 aliphatic rings. The standard InChI is InChI=1S/C13H16Br2N2O3/c1-8(2)17(6-5-12(18)19)13(20)16-11-4-3-9(14)7-10(11)15/h3-4,7-8H,5-6H2,1-2H3,(H,16,20)(H,18,19). The van der Waals surface area contributed by atoms with Crippen molar-refractivity contribution in [1.82, 2.24) is 4.90 Å². The Kier molecular flexibility index (Phi) is 6.48. The Labute approximate surface area is 134 Å². The van der Waals surface area contributed by atoms with Crippen LogP contribution in [-0.4, -0.2) is 34.6 Å². The van der Waals surface area contributed by atoms with Crippen molar-refractivity contribution in [2.24, 2.45) is 0 Å². The Bertz CT molecular complexity index is 506. The molecule has 0 aromatic heterocycles. The Morgan fingerprint density at radius 2 is 2.00 bits per heavy atom. The molecule has 0 saturated heterocycles. The second-order valence-corrected chi connectivity index (χ2v) is 6.26. The highest BCUT2D eigenvalue weighted by molar-refractivity contribution is 9.11. The fourth-order valence-corrected chi connectivity index (χ4v) is 2.73. The smallest absolute Gasteiger partial charge is 0.322 e. The molecule has 5 nitrogen and oxygen atoms in total. The molecule has 7 heteroatoms. The maximum absolute atomic E-state index is 12.2. The van der Waals surface area contributed by atoms with E-state index >= 15 is 0 Å². The molecule has 0 spiro atoms. The summed E-state index contributed by atoms with van der Waals surface area (Å²) in [5, 5.41) is 11.5. The summed E-state index contributed by atoms with van der Waals surface area (Å²) in [5.74, 6) is -0.923. The molecule has 0 unspecified atom stereocenters. The zero-order chi connectivity index (χ0) is 15.3. The van der Waals surface area contributed by atoms with Crippen molar-refractivity contribution in [3.05, 3.63) is 27.1 Å². The first-order chi connectivity index (χ1) is 9.31. The molecule has 0 aliphatic heterocycles. The Morgan fingerprint density at radius 1 is 1.35 bits per heavy atom. The quantitative estimate of drug-likeness (QED) is 0.776. The normalized spacial score (nSPS) is 10.4. The van der Waals surface area contributed by atoms with Crippen LogP contribution in [0.2, 0.25) is 0 Å². The van der Waals surface area contributed by atoms with Crippen LogP contribution < -0.4 is 5.32 Å². The van der Waals surface area contributed by atoms with Gasteiger partial charge in [-0.05, 0) is 48.0 Å². The lowest BCUT2D eigenvalue weighted by Gasteiger charge is -2.26. The van der Waals surface area contributed by atoms with Crippen LogP contribution in [0.4, 0.5) is 10.5 Å². The van der Waals surface area contributed by atoms with Gasteiger partial charge in [-0.25, -0.2) is 4.79 Å². The number of urea groups is 1. The summed E-state index contributed by atoms with van der Waals surface area (Å²) in [5.41, 5.74) is 0.638. The maximum Gasteiger partial charge on any atom is 0.322 e. The van der Waals surface area contributed by atoms with Crippen LogP contribution in [0.5, 0.6) is 0 Å². The lowest BCUT2D eigenvalue weighted by atomic mass is 10.3. The van der Waals surface area contributed by atoms with Crippen molar-refractivity contribution in [3.63, 3.8) is 0 Å². The molecule has 20 heavy (non-hydrogen) atoms. The number of carbonyl (C=O) groups is 2. The van der Waals surface area contributed by atoms with Crippen molar-refractivity contribution in [2.75, 3.05) is 11.9 Å². The molecule has 1 aromatic carbocycles. The van der Waals surface area contributed by atoms with Crippen LogP contribution in [-0.2, 0) is 4.79 Å². The van der Waals surface area contributed by atoms with Crippen LogP contribution in [0.15, 0.2) is 27.1 Å². The number of anilines is 1. The van der Waals surface area contributed by atoms with Gasteiger partial charge in [-0.15, -0.1) is 0 Å². The third-order valence-corrected chi connectivity index (χ3v) is 3.77. The highest BCUT2D eigenvalue weighted by Gasteiger charge is 2.18. The minimum absolute atomic E-state index is 0.0763. The van der Waals surface area contributed by atoms with Crippen molar-refractivity contribution in [1.29, 1.82) is 0 Å². The van der Waals surface area contributed by atoms with Crippen LogP contribution in [0.25, 0.3) is 0 Å². The Hall–Kier alpha value is -1.08. The van der Waals surface area contributed by atoms with Gasteiger partial charge in [-0.1, -0.05) is 15.9 Å². The number of amides is 2. The second kappa shape index (κ2) is 7.64. The van der Waals surface area contributed by atoms with Gasteiger partial charge in [0.2, 0.25) is 0 Å². The van der Waals surface area contributed by atoms with Crippen LogP contribution in [0.1, 0.15) is 20.3 Å². The third kappa shape index (κ3) is 5.13. The summed E-state index contributed by atoms with van der Waals surface area (Å²) in [6.45, 7) is 3.86. The minimum atomic E-state index is -0.923. The molecule has 0 radical (unpaired) electrons. The monoisotopic (exact) mass is 406 g/mol. The van der Waals surface area contributed by atoms with Crippen molar-refractivity contribution in [2.45, 2.75) is 26.3 Å². The molecule has 2 amide bonds. The van der Waals surface area contributed by atoms with Gasteiger partial charge in [0.05, 0.1) is 12.1 Å². The predicted molar refractivity (Wildman–Crippen MR) is 85.0 cm³/mol. The molecule has 0 saturated carbocycles. The first-order valence-corrected chi connectivity index (χ1v) is 7.64. The van der Waals surface area contributed by atoms with E-state index < -0.39 is 5.97 Å². The number of nitrogens with zero attached hydrogens (tertiary/aromatic N) is 1. The van der Waals surface area contributed by atoms with Gasteiger partial charge in [0.25, 0.3) is 0 Å². The predicted octanol–water partition coefficient (Wildman–Crippen LogP) is 3.93. The number of carboxylic acid groups (broad SMARTS) is 1. The number of nitrogens with one attached hydrogen (secondary N) is 1. The maximum atomic E-state index is 12.2. The van der Waals surface area contributed by atoms with Gasteiger partial charge in [0.15, 0.2) is 0 Å². The van der Waals surface area contributed by atoms with Crippen LogP contribution in [0, 0.1) is 0 Å². The summed E-state index contributed by atoms with van der Waals surface area (Å²) in [4.78, 5) is 24.3. The molecule has 0 fully saturated rings. The van der Waals surface area contributed by atoms with Gasteiger partial charge < -0.3 is 15.3 Å². The highest BCUT2D eigenvalue weighted by atomic mass is 79.9. The molecule has 2 N–H and O–H groups in total. The largest absolute Gasteiger partial charge is 0.481 e. The number of carboxylic acids is 1. The number of hydrogen-bond acceptors (Lipinski definition) is 2. The summed E-state index contributed by atoms with van der Waals surface area (Å²) >= 11 is 6.70. The van der Waals surface area contributed by atoms with E-state index in [1.807, 2.05) is 26.0 Å². The van der Waals surface area contributed by atoms with E-state index in [-0.39, 0.29) is 25.0 Å². The second-order valence-electron chi connectivity index (χ2n) is 4.49. The topological polar surface area (TPSA) is 69.6 Å². The van der Waals surface area contributed by atoms with E-state index in [1.54, 1.807) is 6.07 Å². The molecule has 0 bridgehead atoms. The molecule has 110 valence electrons. The van der Waals surface area contributed by atoms with E-state index in [2.05, 4.69) is 37.2 Å². The zero-order valence-electron chi connectivity index (χ0n) is 11.2. The first kappa shape index (κ1) is 17.0. The van der Waals surface area contributed by atoms with E-state index in [0.29, 0.717) is 5.69 Å². The highest BCUT2D eigenvalue weighted by Crippen LogP contribution is 2.26. The van der Waals surface area contributed by atoms with Gasteiger partial charge in [-0.2, -0.15) is 0 Å². The van der Waals surface area contributed by atoms with Gasteiger partial charge in [0, 0.05) is 21.5 Å². The molecule has 0 heterocycles.